The Labute approximate surface area is 248 Å². The Morgan fingerprint density at radius 2 is 1.80 bits per heavy atom. The minimum absolute atomic E-state index is 0.0936. The molecule has 10 heteroatoms. The topological polar surface area (TPSA) is 101 Å². The van der Waals surface area contributed by atoms with Gasteiger partial charge in [0.1, 0.15) is 5.60 Å². The standard InChI is InChI=1S/C31H32N4O4S2/c1-35(2)12-11-31(36,21-15-26(40-4)34-27(16-21)41-5)28(22-7-6-8-25-29(22)39-18-38-25)23-14-20-13-19(17-32)9-10-24(20)33-30(23)37-3/h6-10,13-16,28,36H,11-12,18H2,1-5H3/t28-,31-/m1/s1. The molecule has 0 bridgehead atoms. The highest BCUT2D eigenvalue weighted by atomic mass is 32.2. The molecule has 1 N–H and O–H groups in total. The minimum atomic E-state index is -1.45. The number of aromatic nitrogens is 2. The molecule has 1 aliphatic heterocycles. The Hall–Kier alpha value is -3.49. The van der Waals surface area contributed by atoms with Gasteiger partial charge in [-0.15, -0.1) is 23.5 Å². The number of methoxy groups -OCH3 is 1. The maximum Gasteiger partial charge on any atom is 0.231 e. The van der Waals surface area contributed by atoms with Crippen molar-refractivity contribution < 1.29 is 19.3 Å². The molecule has 2 atom stereocenters. The molecule has 8 nitrogen and oxygen atoms in total. The smallest absolute Gasteiger partial charge is 0.231 e. The molecule has 0 amide bonds. The van der Waals surface area contributed by atoms with Crippen LogP contribution < -0.4 is 14.2 Å². The predicted octanol–water partition coefficient (Wildman–Crippen LogP) is 5.65. The van der Waals surface area contributed by atoms with Crippen molar-refractivity contribution in [1.29, 1.82) is 5.26 Å². The molecule has 0 saturated heterocycles. The molecule has 212 valence electrons. The van der Waals surface area contributed by atoms with E-state index in [1.807, 2.05) is 69.1 Å². The van der Waals surface area contributed by atoms with Crippen molar-refractivity contribution in [3.8, 4) is 23.4 Å². The molecule has 0 aliphatic carbocycles. The van der Waals surface area contributed by atoms with Gasteiger partial charge in [0.2, 0.25) is 12.7 Å². The zero-order chi connectivity index (χ0) is 29.1. The number of benzene rings is 2. The first-order chi connectivity index (χ1) is 19.8. The average Bonchev–Trinajstić information content (AvgIpc) is 3.49. The second kappa shape index (κ2) is 12.2. The molecule has 2 aromatic carbocycles. The summed E-state index contributed by atoms with van der Waals surface area (Å²) in [6, 6.07) is 19.2. The van der Waals surface area contributed by atoms with Gasteiger partial charge in [-0.1, -0.05) is 12.1 Å². The third-order valence-electron chi connectivity index (χ3n) is 7.29. The van der Waals surface area contributed by atoms with E-state index in [0.29, 0.717) is 47.0 Å². The largest absolute Gasteiger partial charge is 0.481 e. The lowest BCUT2D eigenvalue weighted by Gasteiger charge is -2.39. The van der Waals surface area contributed by atoms with Crippen molar-refractivity contribution in [2.24, 2.45) is 0 Å². The summed E-state index contributed by atoms with van der Waals surface area (Å²) in [5, 5.41) is 25.1. The second-order valence-electron chi connectivity index (χ2n) is 10.0. The fourth-order valence-corrected chi connectivity index (χ4v) is 6.19. The van der Waals surface area contributed by atoms with Gasteiger partial charge in [-0.3, -0.25) is 0 Å². The van der Waals surface area contributed by atoms with Crippen molar-refractivity contribution in [1.82, 2.24) is 14.9 Å². The lowest BCUT2D eigenvalue weighted by Crippen LogP contribution is -2.38. The van der Waals surface area contributed by atoms with Gasteiger partial charge in [-0.25, -0.2) is 9.97 Å². The third-order valence-corrected chi connectivity index (χ3v) is 8.55. The van der Waals surface area contributed by atoms with Crippen LogP contribution in [0, 0.1) is 11.3 Å². The van der Waals surface area contributed by atoms with E-state index < -0.39 is 11.5 Å². The average molecular weight is 589 g/mol. The summed E-state index contributed by atoms with van der Waals surface area (Å²) in [6.07, 6.45) is 4.34. The summed E-state index contributed by atoms with van der Waals surface area (Å²) in [7, 11) is 5.55. The van der Waals surface area contributed by atoms with E-state index in [2.05, 4.69) is 11.0 Å². The molecule has 1 aliphatic rings. The van der Waals surface area contributed by atoms with E-state index in [1.165, 1.54) is 23.5 Å². The van der Waals surface area contributed by atoms with Crippen molar-refractivity contribution in [2.45, 2.75) is 28.0 Å². The number of nitriles is 1. The number of fused-ring (bicyclic) bond motifs is 2. The molecule has 5 rings (SSSR count). The first-order valence-corrected chi connectivity index (χ1v) is 15.5. The quantitative estimate of drug-likeness (QED) is 0.234. The molecule has 0 saturated carbocycles. The Bertz CT molecular complexity index is 1600. The minimum Gasteiger partial charge on any atom is -0.481 e. The fourth-order valence-electron chi connectivity index (χ4n) is 5.27. The molecule has 4 aromatic rings. The number of ether oxygens (including phenoxy) is 3. The zero-order valence-corrected chi connectivity index (χ0v) is 25.3. The monoisotopic (exact) mass is 588 g/mol. The van der Waals surface area contributed by atoms with Crippen LogP contribution in [0.5, 0.6) is 17.4 Å². The van der Waals surface area contributed by atoms with Crippen LogP contribution in [0.15, 0.2) is 64.6 Å². The van der Waals surface area contributed by atoms with E-state index in [0.717, 1.165) is 26.6 Å². The maximum atomic E-state index is 13.2. The summed E-state index contributed by atoms with van der Waals surface area (Å²) in [4.78, 5) is 11.6. The number of nitrogens with zero attached hydrogens (tertiary/aromatic N) is 4. The number of thioether (sulfide) groups is 2. The number of pyridine rings is 2. The van der Waals surface area contributed by atoms with E-state index in [-0.39, 0.29) is 6.79 Å². The predicted molar refractivity (Wildman–Crippen MR) is 162 cm³/mol. The first kappa shape index (κ1) is 29.0. The van der Waals surface area contributed by atoms with Crippen molar-refractivity contribution in [2.75, 3.05) is 47.1 Å². The van der Waals surface area contributed by atoms with Crippen LogP contribution in [0.25, 0.3) is 10.9 Å². The highest BCUT2D eigenvalue weighted by Crippen LogP contribution is 2.52. The van der Waals surface area contributed by atoms with Crippen LogP contribution in [-0.4, -0.2) is 67.0 Å². The number of rotatable bonds is 10. The molecule has 0 radical (unpaired) electrons. The third kappa shape index (κ3) is 5.68. The fraction of sp³-hybridized carbons (Fsp3) is 0.323. The van der Waals surface area contributed by atoms with Crippen LogP contribution >= 0.6 is 23.5 Å². The van der Waals surface area contributed by atoms with Crippen LogP contribution in [0.4, 0.5) is 0 Å². The molecule has 0 fully saturated rings. The van der Waals surface area contributed by atoms with Gasteiger partial charge in [0.25, 0.3) is 0 Å². The molecular formula is C31H32N4O4S2. The summed E-state index contributed by atoms with van der Waals surface area (Å²) in [5.41, 5.74) is 1.93. The molecule has 0 spiro atoms. The van der Waals surface area contributed by atoms with Crippen LogP contribution in [0.1, 0.15) is 34.6 Å². The Kier molecular flexibility index (Phi) is 8.61. The molecule has 0 unspecified atom stereocenters. The van der Waals surface area contributed by atoms with Gasteiger partial charge in [0.05, 0.1) is 40.2 Å². The lowest BCUT2D eigenvalue weighted by molar-refractivity contribution is 0.00259. The van der Waals surface area contributed by atoms with E-state index in [1.54, 1.807) is 19.2 Å². The van der Waals surface area contributed by atoms with Crippen molar-refractivity contribution in [3.05, 3.63) is 76.9 Å². The maximum absolute atomic E-state index is 13.2. The van der Waals surface area contributed by atoms with E-state index >= 15 is 0 Å². The first-order valence-electron chi connectivity index (χ1n) is 13.1. The van der Waals surface area contributed by atoms with E-state index in [4.69, 9.17) is 24.2 Å². The SMILES string of the molecule is COc1nc2ccc(C#N)cc2cc1[C@@H](c1cccc2c1OCO2)[C@@](O)(CCN(C)C)c1cc(SC)nc(SC)c1. The number of hydrogen-bond donors (Lipinski definition) is 1. The molecule has 2 aromatic heterocycles. The highest BCUT2D eigenvalue weighted by molar-refractivity contribution is 7.99. The number of aliphatic hydroxyl groups is 1. The normalized spacial score (nSPS) is 14.6. The molecular weight excluding hydrogens is 556 g/mol. The molecule has 3 heterocycles. The van der Waals surface area contributed by atoms with Crippen molar-refractivity contribution in [3.63, 3.8) is 0 Å². The highest BCUT2D eigenvalue weighted by Gasteiger charge is 2.45. The van der Waals surface area contributed by atoms with Gasteiger partial charge in [-0.2, -0.15) is 5.26 Å². The van der Waals surface area contributed by atoms with Gasteiger partial charge in [0, 0.05) is 23.1 Å². The van der Waals surface area contributed by atoms with Crippen molar-refractivity contribution >= 4 is 34.4 Å². The molecule has 41 heavy (non-hydrogen) atoms. The Morgan fingerprint density at radius 1 is 1.05 bits per heavy atom. The summed E-state index contributed by atoms with van der Waals surface area (Å²) >= 11 is 3.06. The number of hydrogen-bond acceptors (Lipinski definition) is 10. The van der Waals surface area contributed by atoms with Gasteiger partial charge >= 0.3 is 0 Å². The van der Waals surface area contributed by atoms with Gasteiger partial charge in [-0.05, 0) is 81.1 Å². The summed E-state index contributed by atoms with van der Waals surface area (Å²) < 4.78 is 17.7. The Morgan fingerprint density at radius 3 is 2.46 bits per heavy atom. The van der Waals surface area contributed by atoms with Crippen LogP contribution in [0.2, 0.25) is 0 Å². The zero-order valence-electron chi connectivity index (χ0n) is 23.7. The van der Waals surface area contributed by atoms with E-state index in [9.17, 15) is 10.4 Å². The Balaban J connectivity index is 1.86. The summed E-state index contributed by atoms with van der Waals surface area (Å²) in [6.45, 7) is 0.698. The summed E-state index contributed by atoms with van der Waals surface area (Å²) in [5.74, 6) is 0.906. The van der Waals surface area contributed by atoms with Crippen LogP contribution in [0.3, 0.4) is 0 Å². The van der Waals surface area contributed by atoms with Gasteiger partial charge < -0.3 is 24.2 Å². The number of para-hydroxylation sites is 1. The van der Waals surface area contributed by atoms with Gasteiger partial charge in [0.15, 0.2) is 11.5 Å². The van der Waals surface area contributed by atoms with Crippen LogP contribution in [-0.2, 0) is 5.60 Å². The second-order valence-corrected chi connectivity index (χ2v) is 11.7. The lowest BCUT2D eigenvalue weighted by atomic mass is 9.71.